The van der Waals surface area contributed by atoms with Gasteiger partial charge in [0.1, 0.15) is 5.75 Å². The van der Waals surface area contributed by atoms with Gasteiger partial charge in [0, 0.05) is 12.4 Å². The van der Waals surface area contributed by atoms with Gasteiger partial charge in [0.05, 0.1) is 40.6 Å². The maximum atomic E-state index is 11.2. The molecule has 0 saturated carbocycles. The van der Waals surface area contributed by atoms with E-state index in [4.69, 9.17) is 4.74 Å². The van der Waals surface area contributed by atoms with Gasteiger partial charge in [0.25, 0.3) is 0 Å². The van der Waals surface area contributed by atoms with Crippen molar-refractivity contribution in [3.63, 3.8) is 0 Å². The highest BCUT2D eigenvalue weighted by Crippen LogP contribution is 2.33. The zero-order valence-corrected chi connectivity index (χ0v) is 14.7. The second-order valence-corrected chi connectivity index (χ2v) is 6.16. The Hall–Kier alpha value is -3.37. The molecule has 2 N–H and O–H groups in total. The number of aromatic nitrogens is 1. The molecule has 0 aliphatic heterocycles. The van der Waals surface area contributed by atoms with Gasteiger partial charge in [-0.2, -0.15) is 5.26 Å². The number of hydrogen-bond acceptors (Lipinski definition) is 5. The monoisotopic (exact) mass is 365 g/mol. The first-order valence-electron chi connectivity index (χ1n) is 7.64. The molecule has 0 aliphatic rings. The van der Waals surface area contributed by atoms with Crippen LogP contribution in [0.25, 0.3) is 5.69 Å². The highest BCUT2D eigenvalue weighted by molar-refractivity contribution is 8.00. The molecule has 1 heterocycles. The fraction of sp³-hybridized carbons (Fsp3) is 0.0526. The van der Waals surface area contributed by atoms with Crippen LogP contribution in [0.3, 0.4) is 0 Å². The van der Waals surface area contributed by atoms with E-state index < -0.39 is 5.97 Å². The molecule has 7 heteroatoms. The summed E-state index contributed by atoms with van der Waals surface area (Å²) in [6, 6.07) is 15.9. The molecule has 26 heavy (non-hydrogen) atoms. The number of rotatable bonds is 6. The van der Waals surface area contributed by atoms with Crippen LogP contribution >= 0.6 is 11.9 Å². The van der Waals surface area contributed by atoms with Crippen molar-refractivity contribution in [2.45, 2.75) is 4.90 Å². The second kappa shape index (κ2) is 7.68. The van der Waals surface area contributed by atoms with E-state index in [0.717, 1.165) is 11.4 Å². The Balaban J connectivity index is 1.94. The molecule has 0 amide bonds. The number of nitrogens with one attached hydrogen (secondary N) is 1. The average Bonchev–Trinajstić information content (AvgIpc) is 3.20. The van der Waals surface area contributed by atoms with Gasteiger partial charge in [0.2, 0.25) is 0 Å². The van der Waals surface area contributed by atoms with E-state index in [-0.39, 0.29) is 5.56 Å². The molecule has 6 nitrogen and oxygen atoms in total. The quantitative estimate of drug-likeness (QED) is 0.637. The lowest BCUT2D eigenvalue weighted by Gasteiger charge is -2.14. The fourth-order valence-corrected chi connectivity index (χ4v) is 3.23. The highest BCUT2D eigenvalue weighted by Gasteiger charge is 2.12. The first-order valence-corrected chi connectivity index (χ1v) is 8.45. The standard InChI is InChI=1S/C19H15N3O3S/c1-25-17-7-5-14(19(23)24)11-18(17)26-21-15-10-13(12-20)4-6-16(15)22-8-2-3-9-22/h2-11,21H,1H3,(H,23,24). The predicted octanol–water partition coefficient (Wildman–Crippen LogP) is 4.17. The zero-order valence-electron chi connectivity index (χ0n) is 13.8. The summed E-state index contributed by atoms with van der Waals surface area (Å²) in [5, 5.41) is 18.4. The Bertz CT molecular complexity index is 978. The fourth-order valence-electron chi connectivity index (χ4n) is 2.41. The summed E-state index contributed by atoms with van der Waals surface area (Å²) >= 11 is 1.23. The van der Waals surface area contributed by atoms with Crippen LogP contribution in [0.5, 0.6) is 5.75 Å². The van der Waals surface area contributed by atoms with E-state index in [1.54, 1.807) is 24.3 Å². The molecular weight excluding hydrogens is 350 g/mol. The highest BCUT2D eigenvalue weighted by atomic mass is 32.2. The molecule has 3 rings (SSSR count). The van der Waals surface area contributed by atoms with E-state index in [1.165, 1.54) is 25.1 Å². The molecule has 0 atom stereocenters. The van der Waals surface area contributed by atoms with Crippen molar-refractivity contribution in [1.29, 1.82) is 5.26 Å². The van der Waals surface area contributed by atoms with Crippen molar-refractivity contribution in [1.82, 2.24) is 4.57 Å². The first kappa shape index (κ1) is 17.5. The number of methoxy groups -OCH3 is 1. The molecule has 0 spiro atoms. The summed E-state index contributed by atoms with van der Waals surface area (Å²) in [5.41, 5.74) is 2.30. The maximum Gasteiger partial charge on any atom is 0.335 e. The number of aromatic carboxylic acids is 1. The van der Waals surface area contributed by atoms with Gasteiger partial charge >= 0.3 is 5.97 Å². The largest absolute Gasteiger partial charge is 0.496 e. The zero-order chi connectivity index (χ0) is 18.5. The summed E-state index contributed by atoms with van der Waals surface area (Å²) in [7, 11) is 1.53. The number of carboxylic acid groups (broad SMARTS) is 1. The molecular formula is C19H15N3O3S. The van der Waals surface area contributed by atoms with Gasteiger partial charge in [-0.05, 0) is 60.5 Å². The molecule has 130 valence electrons. The van der Waals surface area contributed by atoms with Gasteiger partial charge < -0.3 is 19.1 Å². The summed E-state index contributed by atoms with van der Waals surface area (Å²) in [6.07, 6.45) is 3.81. The third-order valence-electron chi connectivity index (χ3n) is 3.69. The molecule has 2 aromatic carbocycles. The van der Waals surface area contributed by atoms with Gasteiger partial charge in [-0.1, -0.05) is 0 Å². The second-order valence-electron chi connectivity index (χ2n) is 5.31. The minimum atomic E-state index is -1.01. The van der Waals surface area contributed by atoms with Crippen molar-refractivity contribution >= 4 is 23.6 Å². The summed E-state index contributed by atoms with van der Waals surface area (Å²) in [6.45, 7) is 0. The van der Waals surface area contributed by atoms with Crippen LogP contribution in [0.4, 0.5) is 5.69 Å². The summed E-state index contributed by atoms with van der Waals surface area (Å²) in [5.74, 6) is -0.444. The van der Waals surface area contributed by atoms with Gasteiger partial charge in [0.15, 0.2) is 0 Å². The van der Waals surface area contributed by atoms with Crippen molar-refractivity contribution < 1.29 is 14.6 Å². The number of carboxylic acids is 1. The van der Waals surface area contributed by atoms with Gasteiger partial charge in [-0.3, -0.25) is 0 Å². The molecule has 0 radical (unpaired) electrons. The van der Waals surface area contributed by atoms with E-state index in [0.29, 0.717) is 16.2 Å². The number of ether oxygens (including phenoxy) is 1. The SMILES string of the molecule is COc1ccc(C(=O)O)cc1SNc1cc(C#N)ccc1-n1cccc1. The van der Waals surface area contributed by atoms with Crippen LogP contribution in [-0.4, -0.2) is 22.8 Å². The topological polar surface area (TPSA) is 87.3 Å². The van der Waals surface area contributed by atoms with Gasteiger partial charge in [-0.25, -0.2) is 4.79 Å². The lowest BCUT2D eigenvalue weighted by molar-refractivity contribution is 0.0696. The Morgan fingerprint density at radius 2 is 2.00 bits per heavy atom. The Morgan fingerprint density at radius 3 is 2.65 bits per heavy atom. The predicted molar refractivity (Wildman–Crippen MR) is 99.9 cm³/mol. The van der Waals surface area contributed by atoms with E-state index in [1.807, 2.05) is 35.2 Å². The maximum absolute atomic E-state index is 11.2. The van der Waals surface area contributed by atoms with E-state index in [2.05, 4.69) is 10.8 Å². The van der Waals surface area contributed by atoms with Crippen molar-refractivity contribution in [2.75, 3.05) is 11.8 Å². The van der Waals surface area contributed by atoms with Crippen LogP contribution in [0.1, 0.15) is 15.9 Å². The summed E-state index contributed by atoms with van der Waals surface area (Å²) in [4.78, 5) is 11.8. The number of carbonyl (C=O) groups is 1. The first-order chi connectivity index (χ1) is 12.6. The number of nitrogens with zero attached hydrogens (tertiary/aromatic N) is 2. The Kier molecular flexibility index (Phi) is 5.15. The van der Waals surface area contributed by atoms with Crippen LogP contribution in [0.2, 0.25) is 0 Å². The van der Waals surface area contributed by atoms with E-state index in [9.17, 15) is 15.2 Å². The van der Waals surface area contributed by atoms with Gasteiger partial charge in [-0.15, -0.1) is 0 Å². The van der Waals surface area contributed by atoms with Crippen molar-refractivity contribution in [3.05, 3.63) is 72.1 Å². The third kappa shape index (κ3) is 3.66. The van der Waals surface area contributed by atoms with Crippen LogP contribution in [0, 0.1) is 11.3 Å². The Labute approximate surface area is 154 Å². The molecule has 1 aromatic heterocycles. The molecule has 3 aromatic rings. The number of hydrogen-bond donors (Lipinski definition) is 2. The summed E-state index contributed by atoms with van der Waals surface area (Å²) < 4.78 is 10.4. The smallest absolute Gasteiger partial charge is 0.335 e. The number of anilines is 1. The average molecular weight is 365 g/mol. The molecule has 0 fully saturated rings. The van der Waals surface area contributed by atoms with Crippen molar-refractivity contribution in [2.24, 2.45) is 0 Å². The van der Waals surface area contributed by atoms with Crippen LogP contribution in [0.15, 0.2) is 65.8 Å². The molecule has 0 bridgehead atoms. The molecule has 0 saturated heterocycles. The molecule has 0 unspecified atom stereocenters. The van der Waals surface area contributed by atoms with Crippen molar-refractivity contribution in [3.8, 4) is 17.5 Å². The Morgan fingerprint density at radius 1 is 1.23 bits per heavy atom. The minimum absolute atomic E-state index is 0.173. The van der Waals surface area contributed by atoms with E-state index >= 15 is 0 Å². The minimum Gasteiger partial charge on any atom is -0.496 e. The normalized spacial score (nSPS) is 10.2. The lowest BCUT2D eigenvalue weighted by atomic mass is 10.2. The number of nitriles is 1. The lowest BCUT2D eigenvalue weighted by Crippen LogP contribution is -2.00. The number of benzene rings is 2. The van der Waals surface area contributed by atoms with Crippen LogP contribution in [-0.2, 0) is 0 Å². The molecule has 0 aliphatic carbocycles. The third-order valence-corrected chi connectivity index (χ3v) is 4.55. The van der Waals surface area contributed by atoms with Crippen LogP contribution < -0.4 is 9.46 Å².